The molecule has 0 aliphatic carbocycles. The Labute approximate surface area is 185 Å². The quantitative estimate of drug-likeness (QED) is 0.506. The van der Waals surface area contributed by atoms with E-state index >= 15 is 0 Å². The summed E-state index contributed by atoms with van der Waals surface area (Å²) in [6.45, 7) is 9.11. The van der Waals surface area contributed by atoms with Gasteiger partial charge in [-0.2, -0.15) is 5.26 Å². The summed E-state index contributed by atoms with van der Waals surface area (Å²) in [6.07, 6.45) is 3.55. The molecular formula is C26H32N4O. The molecule has 5 heteroatoms. The van der Waals surface area contributed by atoms with Gasteiger partial charge in [0.15, 0.2) is 0 Å². The fourth-order valence-electron chi connectivity index (χ4n) is 3.97. The van der Waals surface area contributed by atoms with E-state index in [1.165, 1.54) is 5.56 Å². The third-order valence-corrected chi connectivity index (χ3v) is 5.83. The maximum Gasteiger partial charge on any atom is 0.267 e. The van der Waals surface area contributed by atoms with Crippen LogP contribution in [0.4, 0.5) is 5.69 Å². The Balaban J connectivity index is 1.56. The number of rotatable bonds is 7. The number of aryl methyl sites for hydroxylation is 1. The summed E-state index contributed by atoms with van der Waals surface area (Å²) in [6, 6.07) is 18.8. The number of likely N-dealkylation sites (tertiary alicyclic amines) is 1. The second-order valence-corrected chi connectivity index (χ2v) is 8.52. The number of hydrogen-bond acceptors (Lipinski definition) is 4. The molecule has 1 aliphatic heterocycles. The topological polar surface area (TPSA) is 68.2 Å². The first-order valence-corrected chi connectivity index (χ1v) is 11.0. The molecule has 5 nitrogen and oxygen atoms in total. The molecular weight excluding hydrogens is 384 g/mol. The lowest BCUT2D eigenvalue weighted by molar-refractivity contribution is -0.112. The molecule has 1 heterocycles. The predicted molar refractivity (Wildman–Crippen MR) is 125 cm³/mol. The molecule has 1 fully saturated rings. The van der Waals surface area contributed by atoms with Crippen LogP contribution in [0, 0.1) is 18.3 Å². The van der Waals surface area contributed by atoms with E-state index in [0.29, 0.717) is 0 Å². The zero-order valence-electron chi connectivity index (χ0n) is 18.7. The van der Waals surface area contributed by atoms with Crippen molar-refractivity contribution >= 4 is 11.6 Å². The van der Waals surface area contributed by atoms with E-state index in [0.717, 1.165) is 49.3 Å². The highest BCUT2D eigenvalue weighted by molar-refractivity contribution is 6.07. The van der Waals surface area contributed by atoms with Gasteiger partial charge < -0.3 is 10.6 Å². The zero-order chi connectivity index (χ0) is 22.2. The summed E-state index contributed by atoms with van der Waals surface area (Å²) in [4.78, 5) is 15.2. The summed E-state index contributed by atoms with van der Waals surface area (Å²) in [5.74, 6) is -0.0865. The molecule has 0 saturated carbocycles. The van der Waals surface area contributed by atoms with Crippen LogP contribution in [0.15, 0.2) is 60.3 Å². The highest BCUT2D eigenvalue weighted by Crippen LogP contribution is 2.27. The van der Waals surface area contributed by atoms with E-state index in [2.05, 4.69) is 53.6 Å². The van der Waals surface area contributed by atoms with Crippen molar-refractivity contribution in [2.24, 2.45) is 0 Å². The first kappa shape index (κ1) is 22.6. The molecule has 2 N–H and O–H groups in total. The maximum atomic E-state index is 12.7. The van der Waals surface area contributed by atoms with Crippen LogP contribution in [-0.2, 0) is 11.3 Å². The van der Waals surface area contributed by atoms with E-state index in [4.69, 9.17) is 0 Å². The maximum absolute atomic E-state index is 12.7. The van der Waals surface area contributed by atoms with Crippen LogP contribution in [0.25, 0.3) is 0 Å². The molecule has 0 atom stereocenters. The van der Waals surface area contributed by atoms with E-state index in [-0.39, 0.29) is 23.4 Å². The van der Waals surface area contributed by atoms with Crippen molar-refractivity contribution in [2.75, 3.05) is 18.4 Å². The Kier molecular flexibility index (Phi) is 7.86. The Morgan fingerprint density at radius 3 is 2.52 bits per heavy atom. The monoisotopic (exact) mass is 416 g/mol. The zero-order valence-corrected chi connectivity index (χ0v) is 18.7. The largest absolute Gasteiger partial charge is 0.387 e. The third kappa shape index (κ3) is 6.19. The minimum absolute atomic E-state index is 0.102. The molecule has 2 aromatic carbocycles. The van der Waals surface area contributed by atoms with Crippen molar-refractivity contribution in [3.05, 3.63) is 77.0 Å². The van der Waals surface area contributed by atoms with Crippen molar-refractivity contribution < 1.29 is 4.79 Å². The fraction of sp³-hybridized carbons (Fsp3) is 0.385. The smallest absolute Gasteiger partial charge is 0.267 e. The molecule has 3 rings (SSSR count). The number of carbonyl (C=O) groups is 1. The molecule has 162 valence electrons. The van der Waals surface area contributed by atoms with Crippen LogP contribution in [0.1, 0.15) is 49.3 Å². The second kappa shape index (κ2) is 10.8. The van der Waals surface area contributed by atoms with Crippen LogP contribution < -0.4 is 10.6 Å². The Morgan fingerprint density at radius 2 is 1.87 bits per heavy atom. The van der Waals surface area contributed by atoms with E-state index < -0.39 is 0 Å². The number of anilines is 1. The fourth-order valence-corrected chi connectivity index (χ4v) is 3.97. The molecule has 0 unspecified atom stereocenters. The molecule has 1 amide bonds. The van der Waals surface area contributed by atoms with Crippen LogP contribution in [0.3, 0.4) is 0 Å². The number of piperidine rings is 1. The summed E-state index contributed by atoms with van der Waals surface area (Å²) in [5, 5.41) is 15.8. The number of carbonyl (C=O) groups excluding carboxylic acids is 1. The number of nitrogens with one attached hydrogen (secondary N) is 2. The minimum atomic E-state index is -0.368. The third-order valence-electron chi connectivity index (χ3n) is 5.83. The van der Waals surface area contributed by atoms with Crippen LogP contribution in [-0.4, -0.2) is 29.9 Å². The lowest BCUT2D eigenvalue weighted by atomic mass is 9.98. The molecule has 31 heavy (non-hydrogen) atoms. The Hall–Kier alpha value is -3.10. The van der Waals surface area contributed by atoms with Crippen molar-refractivity contribution in [3.63, 3.8) is 0 Å². The molecule has 0 spiro atoms. The first-order valence-electron chi connectivity index (χ1n) is 11.0. The van der Waals surface area contributed by atoms with Gasteiger partial charge in [0.05, 0.1) is 0 Å². The average molecular weight is 417 g/mol. The molecule has 0 radical (unpaired) electrons. The van der Waals surface area contributed by atoms with Crippen LogP contribution in [0.5, 0.6) is 0 Å². The summed E-state index contributed by atoms with van der Waals surface area (Å²) in [5.41, 5.74) is 4.30. The number of nitrogens with zero attached hydrogens (tertiary/aromatic N) is 2. The first-order chi connectivity index (χ1) is 15.0. The molecule has 0 aromatic heterocycles. The van der Waals surface area contributed by atoms with Gasteiger partial charge in [-0.25, -0.2) is 0 Å². The summed E-state index contributed by atoms with van der Waals surface area (Å²) < 4.78 is 0. The molecule has 1 aliphatic rings. The standard InChI is InChI=1S/C26H32N4O/c1-19(2)24-11-7-8-20(3)25(24)29-26(31)22(16-27)17-28-23-12-14-30(15-13-23)18-21-9-5-4-6-10-21/h4-11,17,19,23,28H,12-15,18H2,1-3H3,(H,29,31)/b22-17-. The van der Waals surface area contributed by atoms with Gasteiger partial charge >= 0.3 is 0 Å². The van der Waals surface area contributed by atoms with Gasteiger partial charge in [0.25, 0.3) is 5.91 Å². The normalized spacial score (nSPS) is 15.5. The SMILES string of the molecule is Cc1cccc(C(C)C)c1NC(=O)/C(C#N)=C\NC1CCN(Cc2ccccc2)CC1. The lowest BCUT2D eigenvalue weighted by Gasteiger charge is -2.32. The van der Waals surface area contributed by atoms with E-state index in [1.807, 2.05) is 37.3 Å². The van der Waals surface area contributed by atoms with E-state index in [1.54, 1.807) is 6.20 Å². The minimum Gasteiger partial charge on any atom is -0.387 e. The Morgan fingerprint density at radius 1 is 1.16 bits per heavy atom. The van der Waals surface area contributed by atoms with Crippen LogP contribution in [0.2, 0.25) is 0 Å². The number of nitriles is 1. The summed E-state index contributed by atoms with van der Waals surface area (Å²) in [7, 11) is 0. The van der Waals surface area contributed by atoms with Crippen molar-refractivity contribution in [3.8, 4) is 6.07 Å². The van der Waals surface area contributed by atoms with Gasteiger partial charge in [-0.15, -0.1) is 0 Å². The Bertz CT molecular complexity index is 951. The molecule has 0 bridgehead atoms. The molecule has 2 aromatic rings. The summed E-state index contributed by atoms with van der Waals surface area (Å²) >= 11 is 0. The number of hydrogen-bond donors (Lipinski definition) is 2. The predicted octanol–water partition coefficient (Wildman–Crippen LogP) is 4.72. The van der Waals surface area contributed by atoms with Gasteiger partial charge in [-0.05, 0) is 42.4 Å². The molecule has 1 saturated heterocycles. The van der Waals surface area contributed by atoms with E-state index in [9.17, 15) is 10.1 Å². The van der Waals surface area contributed by atoms with Crippen molar-refractivity contribution in [2.45, 2.75) is 52.1 Å². The van der Waals surface area contributed by atoms with Crippen molar-refractivity contribution in [1.82, 2.24) is 10.2 Å². The second-order valence-electron chi connectivity index (χ2n) is 8.52. The highest BCUT2D eigenvalue weighted by Gasteiger charge is 2.20. The van der Waals surface area contributed by atoms with Gasteiger partial charge in [0.1, 0.15) is 11.6 Å². The van der Waals surface area contributed by atoms with Gasteiger partial charge in [0, 0.05) is 37.6 Å². The van der Waals surface area contributed by atoms with Crippen LogP contribution >= 0.6 is 0 Å². The van der Waals surface area contributed by atoms with Crippen molar-refractivity contribution in [1.29, 1.82) is 5.26 Å². The highest BCUT2D eigenvalue weighted by atomic mass is 16.1. The van der Waals surface area contributed by atoms with Gasteiger partial charge in [0.2, 0.25) is 0 Å². The number of para-hydroxylation sites is 1. The number of amides is 1. The van der Waals surface area contributed by atoms with Gasteiger partial charge in [-0.1, -0.05) is 62.4 Å². The average Bonchev–Trinajstić information content (AvgIpc) is 2.77. The van der Waals surface area contributed by atoms with Gasteiger partial charge in [-0.3, -0.25) is 9.69 Å². The number of benzene rings is 2. The lowest BCUT2D eigenvalue weighted by Crippen LogP contribution is -2.40.